The number of hydrogen-bond donors (Lipinski definition) is 1. The van der Waals surface area contributed by atoms with Crippen molar-refractivity contribution in [2.24, 2.45) is 0 Å². The fraction of sp³-hybridized carbons (Fsp3) is 1.00. The van der Waals surface area contributed by atoms with Crippen molar-refractivity contribution in [1.29, 1.82) is 0 Å². The lowest BCUT2D eigenvalue weighted by Crippen LogP contribution is -2.20. The molecular weight excluding hydrogens is 236 g/mol. The highest BCUT2D eigenvalue weighted by Gasteiger charge is 2.12. The summed E-state index contributed by atoms with van der Waals surface area (Å²) in [7, 11) is 0. The topological polar surface area (TPSA) is 29.5 Å². The molecule has 5 heteroatoms. The van der Waals surface area contributed by atoms with E-state index in [1.807, 2.05) is 24.3 Å². The molecule has 0 fully saturated rings. The molecule has 0 aromatic heterocycles. The third-order valence-electron chi connectivity index (χ3n) is 1.70. The maximum Gasteiger partial charge on any atom is 0.156 e. The largest absolute Gasteiger partial charge is 0.368 e. The Bertz CT molecular complexity index is 125. The van der Waals surface area contributed by atoms with E-state index < -0.39 is 6.29 Å². The minimum Gasteiger partial charge on any atom is -0.368 e. The summed E-state index contributed by atoms with van der Waals surface area (Å²) in [6, 6.07) is 0. The average molecular weight is 256 g/mol. The highest BCUT2D eigenvalue weighted by atomic mass is 32.2. The van der Waals surface area contributed by atoms with E-state index in [-0.39, 0.29) is 5.44 Å². The van der Waals surface area contributed by atoms with Gasteiger partial charge >= 0.3 is 0 Å². The van der Waals surface area contributed by atoms with Crippen LogP contribution in [0.15, 0.2) is 0 Å². The lowest BCUT2D eigenvalue weighted by atomic mass is 10.4. The van der Waals surface area contributed by atoms with Crippen LogP contribution < -0.4 is 0 Å². The molecule has 2 atom stereocenters. The van der Waals surface area contributed by atoms with E-state index in [1.54, 1.807) is 23.5 Å². The van der Waals surface area contributed by atoms with Crippen molar-refractivity contribution in [1.82, 2.24) is 0 Å². The van der Waals surface area contributed by atoms with Gasteiger partial charge in [-0.3, -0.25) is 0 Å². The van der Waals surface area contributed by atoms with Crippen LogP contribution in [0.5, 0.6) is 0 Å². The molecule has 0 aliphatic carbocycles. The van der Waals surface area contributed by atoms with Crippen LogP contribution in [-0.4, -0.2) is 47.1 Å². The molecule has 0 aliphatic heterocycles. The molecular formula is C9H20O2S3. The average Bonchev–Trinajstić information content (AvgIpc) is 2.21. The Balaban J connectivity index is 3.57. The smallest absolute Gasteiger partial charge is 0.156 e. The van der Waals surface area contributed by atoms with Gasteiger partial charge < -0.3 is 9.84 Å². The van der Waals surface area contributed by atoms with Gasteiger partial charge in [-0.15, -0.1) is 11.8 Å². The zero-order chi connectivity index (χ0) is 10.8. The van der Waals surface area contributed by atoms with E-state index in [0.717, 1.165) is 24.3 Å². The molecule has 0 saturated heterocycles. The molecule has 0 aromatic carbocycles. The second-order valence-corrected chi connectivity index (χ2v) is 5.79. The van der Waals surface area contributed by atoms with Gasteiger partial charge in [0.25, 0.3) is 0 Å². The van der Waals surface area contributed by atoms with E-state index in [0.29, 0.717) is 0 Å². The van der Waals surface area contributed by atoms with Crippen molar-refractivity contribution < 1.29 is 9.84 Å². The number of thioether (sulfide) groups is 3. The van der Waals surface area contributed by atoms with E-state index in [1.165, 1.54) is 0 Å². The van der Waals surface area contributed by atoms with Crippen LogP contribution in [0.3, 0.4) is 0 Å². The minimum absolute atomic E-state index is 0.138. The first kappa shape index (κ1) is 15.0. The number of rotatable bonds is 9. The van der Waals surface area contributed by atoms with Gasteiger partial charge in [0.1, 0.15) is 5.44 Å². The fourth-order valence-electron chi connectivity index (χ4n) is 0.917. The van der Waals surface area contributed by atoms with E-state index in [2.05, 4.69) is 6.26 Å². The minimum atomic E-state index is -0.596. The molecule has 0 spiro atoms. The monoisotopic (exact) mass is 256 g/mol. The first-order valence-electron chi connectivity index (χ1n) is 4.58. The Morgan fingerprint density at radius 3 is 2.14 bits per heavy atom. The Labute approximate surface area is 99.9 Å². The predicted molar refractivity (Wildman–Crippen MR) is 70.4 cm³/mol. The molecule has 0 saturated carbocycles. The standard InChI is InChI=1S/C9H20O2S3/c1-12-6-4-8(10)11-9(14-3)5-7-13-2/h8-10H,4-7H2,1-3H3/t8-,9?/m0/s1. The van der Waals surface area contributed by atoms with Crippen LogP contribution >= 0.6 is 35.3 Å². The van der Waals surface area contributed by atoms with E-state index >= 15 is 0 Å². The molecule has 14 heavy (non-hydrogen) atoms. The quantitative estimate of drug-likeness (QED) is 0.640. The molecule has 86 valence electrons. The third kappa shape index (κ3) is 8.29. The molecule has 1 unspecified atom stereocenters. The first-order valence-corrected chi connectivity index (χ1v) is 8.66. The Hall–Kier alpha value is 0.970. The molecule has 0 radical (unpaired) electrons. The highest BCUT2D eigenvalue weighted by molar-refractivity contribution is 7.99. The maximum absolute atomic E-state index is 9.53. The molecule has 0 rings (SSSR count). The summed E-state index contributed by atoms with van der Waals surface area (Å²) in [6.45, 7) is 0. The molecule has 1 N–H and O–H groups in total. The van der Waals surface area contributed by atoms with Crippen molar-refractivity contribution >= 4 is 35.3 Å². The molecule has 2 nitrogen and oxygen atoms in total. The summed E-state index contributed by atoms with van der Waals surface area (Å²) in [6.07, 6.45) is 7.26. The summed E-state index contributed by atoms with van der Waals surface area (Å²) in [5, 5.41) is 9.53. The van der Waals surface area contributed by atoms with Crippen LogP contribution in [0, 0.1) is 0 Å². The number of aliphatic hydroxyl groups is 1. The van der Waals surface area contributed by atoms with Crippen LogP contribution in [0.1, 0.15) is 12.8 Å². The summed E-state index contributed by atoms with van der Waals surface area (Å²) >= 11 is 5.21. The maximum atomic E-state index is 9.53. The lowest BCUT2D eigenvalue weighted by molar-refractivity contribution is -0.110. The Morgan fingerprint density at radius 1 is 1.07 bits per heavy atom. The summed E-state index contributed by atoms with van der Waals surface area (Å²) in [5.74, 6) is 2.03. The van der Waals surface area contributed by atoms with Gasteiger partial charge in [-0.1, -0.05) is 0 Å². The van der Waals surface area contributed by atoms with Gasteiger partial charge in [0.15, 0.2) is 6.29 Å². The van der Waals surface area contributed by atoms with Crippen LogP contribution in [0.25, 0.3) is 0 Å². The lowest BCUT2D eigenvalue weighted by Gasteiger charge is -2.19. The molecule has 0 bridgehead atoms. The summed E-state index contributed by atoms with van der Waals surface area (Å²) < 4.78 is 5.50. The van der Waals surface area contributed by atoms with Crippen LogP contribution in [0.4, 0.5) is 0 Å². The predicted octanol–water partition coefficient (Wildman–Crippen LogP) is 2.52. The zero-order valence-electron chi connectivity index (χ0n) is 9.06. The van der Waals surface area contributed by atoms with Crippen LogP contribution in [-0.2, 0) is 4.74 Å². The van der Waals surface area contributed by atoms with Gasteiger partial charge in [0, 0.05) is 6.42 Å². The normalized spacial score (nSPS) is 15.4. The second-order valence-electron chi connectivity index (χ2n) is 2.82. The van der Waals surface area contributed by atoms with Crippen molar-refractivity contribution in [3.8, 4) is 0 Å². The Kier molecular flexibility index (Phi) is 11.2. The third-order valence-corrected chi connectivity index (χ3v) is 3.86. The van der Waals surface area contributed by atoms with Gasteiger partial charge in [0.2, 0.25) is 0 Å². The van der Waals surface area contributed by atoms with Crippen molar-refractivity contribution in [3.63, 3.8) is 0 Å². The van der Waals surface area contributed by atoms with Crippen molar-refractivity contribution in [2.45, 2.75) is 24.6 Å². The zero-order valence-corrected chi connectivity index (χ0v) is 11.5. The van der Waals surface area contributed by atoms with Crippen molar-refractivity contribution in [3.05, 3.63) is 0 Å². The molecule has 0 aromatic rings. The van der Waals surface area contributed by atoms with Gasteiger partial charge in [0.05, 0.1) is 0 Å². The number of ether oxygens (including phenoxy) is 1. The fourth-order valence-corrected chi connectivity index (χ4v) is 2.55. The summed E-state index contributed by atoms with van der Waals surface area (Å²) in [4.78, 5) is 0. The number of hydrogen-bond acceptors (Lipinski definition) is 5. The van der Waals surface area contributed by atoms with Gasteiger partial charge in [-0.2, -0.15) is 23.5 Å². The van der Waals surface area contributed by atoms with Gasteiger partial charge in [-0.25, -0.2) is 0 Å². The Morgan fingerprint density at radius 2 is 1.64 bits per heavy atom. The SMILES string of the molecule is CSCCC(O[C@H](O)CCSC)SC. The van der Waals surface area contributed by atoms with Gasteiger partial charge in [-0.05, 0) is 36.7 Å². The van der Waals surface area contributed by atoms with Crippen LogP contribution in [0.2, 0.25) is 0 Å². The van der Waals surface area contributed by atoms with Crippen molar-refractivity contribution in [2.75, 3.05) is 30.3 Å². The second kappa shape index (κ2) is 10.5. The van der Waals surface area contributed by atoms with E-state index in [9.17, 15) is 5.11 Å². The molecule has 0 heterocycles. The van der Waals surface area contributed by atoms with E-state index in [4.69, 9.17) is 4.74 Å². The highest BCUT2D eigenvalue weighted by Crippen LogP contribution is 2.17. The first-order chi connectivity index (χ1) is 6.74. The molecule has 0 aliphatic rings. The summed E-state index contributed by atoms with van der Waals surface area (Å²) in [5.41, 5.74) is 0.138. The number of aliphatic hydroxyl groups excluding tert-OH is 1. The molecule has 0 amide bonds.